The second kappa shape index (κ2) is 8.67. The Hall–Kier alpha value is -1.89. The summed E-state index contributed by atoms with van der Waals surface area (Å²) >= 11 is 0. The highest BCUT2D eigenvalue weighted by Crippen LogP contribution is 2.12. The number of carbonyl (C=O) groups excluding carboxylic acids is 2. The molecule has 1 atom stereocenters. The molecule has 1 aromatic carbocycles. The number of amides is 1. The summed E-state index contributed by atoms with van der Waals surface area (Å²) in [7, 11) is -2.31. The largest absolute Gasteiger partial charge is 0.467 e. The molecule has 0 heterocycles. The first kappa shape index (κ1) is 19.2. The molecule has 128 valence electrons. The van der Waals surface area contributed by atoms with Gasteiger partial charge in [0.25, 0.3) is 0 Å². The number of ether oxygens (including phenoxy) is 1. The fraction of sp³-hybridized carbons (Fsp3) is 0.500. The lowest BCUT2D eigenvalue weighted by molar-refractivity contribution is -0.145. The summed E-state index contributed by atoms with van der Waals surface area (Å²) in [5.41, 5.74) is 0. The number of hydrogen-bond donors (Lipinski definition) is 1. The predicted octanol–water partition coefficient (Wildman–Crippen LogP) is 1.55. The van der Waals surface area contributed by atoms with Gasteiger partial charge in [0.2, 0.25) is 5.91 Å². The fourth-order valence-electron chi connectivity index (χ4n) is 2.03. The van der Waals surface area contributed by atoms with E-state index in [9.17, 15) is 18.0 Å². The molecule has 0 aromatic heterocycles. The Labute approximate surface area is 137 Å². The smallest absolute Gasteiger partial charge is 0.328 e. The number of nitrogens with one attached hydrogen (secondary N) is 1. The lowest BCUT2D eigenvalue weighted by Crippen LogP contribution is -2.43. The van der Waals surface area contributed by atoms with Gasteiger partial charge in [-0.25, -0.2) is 13.2 Å². The first-order chi connectivity index (χ1) is 10.8. The molecule has 7 heteroatoms. The van der Waals surface area contributed by atoms with Crippen LogP contribution in [0.5, 0.6) is 0 Å². The van der Waals surface area contributed by atoms with Gasteiger partial charge >= 0.3 is 5.97 Å². The Morgan fingerprint density at radius 2 is 1.78 bits per heavy atom. The Morgan fingerprint density at radius 3 is 2.30 bits per heavy atom. The van der Waals surface area contributed by atoms with Crippen LogP contribution < -0.4 is 5.32 Å². The SMILES string of the molecule is COC(=O)[C@@H](CCS(=O)(=O)c1ccccc1)NC(=O)CC(C)C. The highest BCUT2D eigenvalue weighted by Gasteiger charge is 2.25. The van der Waals surface area contributed by atoms with Gasteiger partial charge < -0.3 is 10.1 Å². The van der Waals surface area contributed by atoms with E-state index < -0.39 is 21.8 Å². The van der Waals surface area contributed by atoms with Gasteiger partial charge in [-0.05, 0) is 24.5 Å². The molecular formula is C16H23NO5S. The molecule has 0 aliphatic rings. The van der Waals surface area contributed by atoms with Crippen molar-refractivity contribution in [3.63, 3.8) is 0 Å². The van der Waals surface area contributed by atoms with E-state index in [1.165, 1.54) is 19.2 Å². The molecule has 1 N–H and O–H groups in total. The summed E-state index contributed by atoms with van der Waals surface area (Å²) < 4.78 is 29.1. The lowest BCUT2D eigenvalue weighted by atomic mass is 10.1. The van der Waals surface area contributed by atoms with E-state index in [1.807, 2.05) is 13.8 Å². The van der Waals surface area contributed by atoms with Crippen LogP contribution in [0, 0.1) is 5.92 Å². The first-order valence-corrected chi connectivity index (χ1v) is 9.06. The lowest BCUT2D eigenvalue weighted by Gasteiger charge is -2.17. The Morgan fingerprint density at radius 1 is 1.17 bits per heavy atom. The summed E-state index contributed by atoms with van der Waals surface area (Å²) in [5.74, 6) is -1.06. The highest BCUT2D eigenvalue weighted by atomic mass is 32.2. The average Bonchev–Trinajstić information content (AvgIpc) is 2.50. The van der Waals surface area contributed by atoms with Crippen molar-refractivity contribution in [3.05, 3.63) is 30.3 Å². The van der Waals surface area contributed by atoms with Gasteiger partial charge in [0.1, 0.15) is 6.04 Å². The molecular weight excluding hydrogens is 318 g/mol. The second-order valence-electron chi connectivity index (χ2n) is 5.66. The molecule has 0 bridgehead atoms. The van der Waals surface area contributed by atoms with Crippen LogP contribution in [0.4, 0.5) is 0 Å². The molecule has 1 rings (SSSR count). The fourth-order valence-corrected chi connectivity index (χ4v) is 3.39. The van der Waals surface area contributed by atoms with Gasteiger partial charge in [0.05, 0.1) is 17.8 Å². The van der Waals surface area contributed by atoms with Crippen molar-refractivity contribution in [3.8, 4) is 0 Å². The predicted molar refractivity (Wildman–Crippen MR) is 86.5 cm³/mol. The van der Waals surface area contributed by atoms with Crippen molar-refractivity contribution in [2.75, 3.05) is 12.9 Å². The van der Waals surface area contributed by atoms with Crippen LogP contribution in [0.1, 0.15) is 26.7 Å². The number of carbonyl (C=O) groups is 2. The van der Waals surface area contributed by atoms with Gasteiger partial charge in [0.15, 0.2) is 9.84 Å². The van der Waals surface area contributed by atoms with Crippen molar-refractivity contribution < 1.29 is 22.7 Å². The maximum absolute atomic E-state index is 12.2. The Kier molecular flexibility index (Phi) is 7.22. The highest BCUT2D eigenvalue weighted by molar-refractivity contribution is 7.91. The normalized spacial score (nSPS) is 12.7. The molecule has 0 aliphatic heterocycles. The van der Waals surface area contributed by atoms with Crippen molar-refractivity contribution in [1.29, 1.82) is 0 Å². The molecule has 1 aromatic rings. The number of methoxy groups -OCH3 is 1. The van der Waals surface area contributed by atoms with E-state index in [-0.39, 0.29) is 35.3 Å². The van der Waals surface area contributed by atoms with Gasteiger partial charge in [0, 0.05) is 6.42 Å². The number of hydrogen-bond acceptors (Lipinski definition) is 5. The average molecular weight is 341 g/mol. The van der Waals surface area contributed by atoms with E-state index in [2.05, 4.69) is 10.1 Å². The number of sulfone groups is 1. The van der Waals surface area contributed by atoms with Crippen LogP contribution in [-0.2, 0) is 24.2 Å². The minimum Gasteiger partial charge on any atom is -0.467 e. The van der Waals surface area contributed by atoms with Crippen LogP contribution in [0.2, 0.25) is 0 Å². The zero-order valence-electron chi connectivity index (χ0n) is 13.6. The quantitative estimate of drug-likeness (QED) is 0.725. The topological polar surface area (TPSA) is 89.5 Å². The molecule has 0 saturated carbocycles. The van der Waals surface area contributed by atoms with Crippen molar-refractivity contribution in [2.24, 2.45) is 5.92 Å². The molecule has 6 nitrogen and oxygen atoms in total. The van der Waals surface area contributed by atoms with Gasteiger partial charge in [-0.15, -0.1) is 0 Å². The van der Waals surface area contributed by atoms with Gasteiger partial charge in [-0.2, -0.15) is 0 Å². The zero-order chi connectivity index (χ0) is 17.5. The Balaban J connectivity index is 2.75. The molecule has 0 unspecified atom stereocenters. The molecule has 0 saturated heterocycles. The summed E-state index contributed by atoms with van der Waals surface area (Å²) in [6.07, 6.45) is 0.229. The third-order valence-corrected chi connectivity index (χ3v) is 4.96. The van der Waals surface area contributed by atoms with E-state index in [0.29, 0.717) is 0 Å². The number of esters is 1. The summed E-state index contributed by atoms with van der Waals surface area (Å²) in [4.78, 5) is 23.8. The summed E-state index contributed by atoms with van der Waals surface area (Å²) in [6, 6.07) is 7.02. The monoisotopic (exact) mass is 341 g/mol. The molecule has 0 radical (unpaired) electrons. The van der Waals surface area contributed by atoms with E-state index in [0.717, 1.165) is 0 Å². The van der Waals surface area contributed by atoms with Crippen molar-refractivity contribution in [1.82, 2.24) is 5.32 Å². The van der Waals surface area contributed by atoms with E-state index >= 15 is 0 Å². The Bertz CT molecular complexity index is 625. The van der Waals surface area contributed by atoms with Crippen LogP contribution in [0.25, 0.3) is 0 Å². The summed E-state index contributed by atoms with van der Waals surface area (Å²) in [6.45, 7) is 3.76. The summed E-state index contributed by atoms with van der Waals surface area (Å²) in [5, 5.41) is 2.55. The molecule has 0 fully saturated rings. The number of benzene rings is 1. The first-order valence-electron chi connectivity index (χ1n) is 7.41. The molecule has 0 spiro atoms. The second-order valence-corrected chi connectivity index (χ2v) is 7.77. The van der Waals surface area contributed by atoms with Gasteiger partial charge in [-0.3, -0.25) is 4.79 Å². The molecule has 1 amide bonds. The minimum absolute atomic E-state index is 0.0340. The van der Waals surface area contributed by atoms with Crippen LogP contribution in [-0.4, -0.2) is 39.2 Å². The van der Waals surface area contributed by atoms with Crippen LogP contribution in [0.15, 0.2) is 35.2 Å². The van der Waals surface area contributed by atoms with Crippen LogP contribution >= 0.6 is 0 Å². The molecule has 0 aliphatic carbocycles. The standard InChI is InChI=1S/C16H23NO5S/c1-12(2)11-15(18)17-14(16(19)22-3)9-10-23(20,21)13-7-5-4-6-8-13/h4-8,12,14H,9-11H2,1-3H3,(H,17,18)/t14-/m1/s1. The third-order valence-electron chi connectivity index (χ3n) is 3.19. The van der Waals surface area contributed by atoms with Gasteiger partial charge in [-0.1, -0.05) is 32.0 Å². The third kappa shape index (κ3) is 6.40. The van der Waals surface area contributed by atoms with Crippen LogP contribution in [0.3, 0.4) is 0 Å². The minimum atomic E-state index is -3.52. The van der Waals surface area contributed by atoms with E-state index in [4.69, 9.17) is 0 Å². The molecule has 23 heavy (non-hydrogen) atoms. The number of rotatable bonds is 8. The van der Waals surface area contributed by atoms with Crippen molar-refractivity contribution >= 4 is 21.7 Å². The maximum atomic E-state index is 12.2. The maximum Gasteiger partial charge on any atom is 0.328 e. The van der Waals surface area contributed by atoms with Crippen molar-refractivity contribution in [2.45, 2.75) is 37.6 Å². The van der Waals surface area contributed by atoms with E-state index in [1.54, 1.807) is 18.2 Å². The zero-order valence-corrected chi connectivity index (χ0v) is 14.4.